The SMILES string of the molecule is COc1cc(/C=C2/SC(=O)N(Cc3cccc4ccccc34)C2=O)c(Br)cc1OCC(=O)Nc1ccc(C)cc1. The van der Waals surface area contributed by atoms with Gasteiger partial charge in [0, 0.05) is 10.2 Å². The summed E-state index contributed by atoms with van der Waals surface area (Å²) in [5.74, 6) is 0.0649. The number of nitrogens with zero attached hydrogens (tertiary/aromatic N) is 1. The van der Waals surface area contributed by atoms with Crippen molar-refractivity contribution in [1.29, 1.82) is 0 Å². The molecule has 1 aliphatic rings. The van der Waals surface area contributed by atoms with E-state index in [1.54, 1.807) is 18.2 Å². The van der Waals surface area contributed by atoms with Crippen molar-refractivity contribution in [2.24, 2.45) is 0 Å². The molecule has 3 amide bonds. The van der Waals surface area contributed by atoms with Crippen molar-refractivity contribution in [2.75, 3.05) is 19.0 Å². The van der Waals surface area contributed by atoms with Crippen molar-refractivity contribution in [3.63, 3.8) is 0 Å². The van der Waals surface area contributed by atoms with Crippen LogP contribution in [0.25, 0.3) is 16.8 Å². The molecule has 4 aromatic carbocycles. The summed E-state index contributed by atoms with van der Waals surface area (Å²) in [6.07, 6.45) is 1.65. The molecule has 0 unspecified atom stereocenters. The third kappa shape index (κ3) is 6.05. The number of aryl methyl sites for hydroxylation is 1. The molecule has 0 aromatic heterocycles. The quantitative estimate of drug-likeness (QED) is 0.211. The molecule has 1 saturated heterocycles. The van der Waals surface area contributed by atoms with Crippen LogP contribution in [0.4, 0.5) is 10.5 Å². The standard InChI is InChI=1S/C31H25BrN2O5S/c1-19-10-12-23(13-11-19)33-29(35)18-39-27-16-25(32)22(14-26(27)38-2)15-28-30(36)34(31(37)40-28)17-21-8-5-7-20-6-3-4-9-24(20)21/h3-16H,17-18H2,1-2H3,(H,33,35)/b28-15+. The van der Waals surface area contributed by atoms with Gasteiger partial charge in [-0.15, -0.1) is 0 Å². The van der Waals surface area contributed by atoms with Crippen LogP contribution in [0.1, 0.15) is 16.7 Å². The molecule has 0 bridgehead atoms. The van der Waals surface area contributed by atoms with E-state index in [-0.39, 0.29) is 30.2 Å². The molecule has 0 radical (unpaired) electrons. The van der Waals surface area contributed by atoms with Crippen molar-refractivity contribution in [3.8, 4) is 11.5 Å². The van der Waals surface area contributed by atoms with E-state index in [0.717, 1.165) is 33.7 Å². The lowest BCUT2D eigenvalue weighted by atomic mass is 10.0. The minimum Gasteiger partial charge on any atom is -0.493 e. The van der Waals surface area contributed by atoms with Gasteiger partial charge in [0.05, 0.1) is 18.6 Å². The van der Waals surface area contributed by atoms with Gasteiger partial charge in [0.2, 0.25) is 0 Å². The summed E-state index contributed by atoms with van der Waals surface area (Å²) >= 11 is 4.41. The predicted molar refractivity (Wildman–Crippen MR) is 161 cm³/mol. The van der Waals surface area contributed by atoms with E-state index in [2.05, 4.69) is 21.2 Å². The van der Waals surface area contributed by atoms with Crippen LogP contribution in [0.15, 0.2) is 88.2 Å². The Kier molecular flexibility index (Phi) is 8.23. The molecule has 202 valence electrons. The largest absolute Gasteiger partial charge is 0.493 e. The average Bonchev–Trinajstić information content (AvgIpc) is 3.21. The van der Waals surface area contributed by atoms with Crippen LogP contribution in [0.3, 0.4) is 0 Å². The number of amides is 3. The molecule has 0 saturated carbocycles. The molecule has 1 fully saturated rings. The van der Waals surface area contributed by atoms with Crippen LogP contribution in [-0.4, -0.2) is 35.7 Å². The summed E-state index contributed by atoms with van der Waals surface area (Å²) in [6, 6.07) is 24.6. The number of ether oxygens (including phenoxy) is 2. The zero-order valence-corrected chi connectivity index (χ0v) is 24.2. The van der Waals surface area contributed by atoms with Crippen LogP contribution in [0, 0.1) is 6.92 Å². The lowest BCUT2D eigenvalue weighted by Crippen LogP contribution is -2.27. The van der Waals surface area contributed by atoms with Crippen LogP contribution in [0.2, 0.25) is 0 Å². The Morgan fingerprint density at radius 3 is 2.52 bits per heavy atom. The van der Waals surface area contributed by atoms with Gasteiger partial charge in [0.15, 0.2) is 18.1 Å². The first-order valence-corrected chi connectivity index (χ1v) is 14.0. The van der Waals surface area contributed by atoms with E-state index < -0.39 is 0 Å². The predicted octanol–water partition coefficient (Wildman–Crippen LogP) is 7.17. The first kappa shape index (κ1) is 27.5. The van der Waals surface area contributed by atoms with Gasteiger partial charge in [0.25, 0.3) is 17.1 Å². The third-order valence-corrected chi connectivity index (χ3v) is 7.94. The van der Waals surface area contributed by atoms with Gasteiger partial charge in [-0.3, -0.25) is 19.3 Å². The smallest absolute Gasteiger partial charge is 0.293 e. The highest BCUT2D eigenvalue weighted by Gasteiger charge is 2.35. The van der Waals surface area contributed by atoms with Gasteiger partial charge >= 0.3 is 0 Å². The van der Waals surface area contributed by atoms with E-state index >= 15 is 0 Å². The van der Waals surface area contributed by atoms with Gasteiger partial charge < -0.3 is 14.8 Å². The van der Waals surface area contributed by atoms with Crippen molar-refractivity contribution >= 4 is 67.3 Å². The number of imide groups is 1. The Morgan fingerprint density at radius 2 is 1.75 bits per heavy atom. The minimum absolute atomic E-state index is 0.186. The molecule has 0 spiro atoms. The molecule has 0 atom stereocenters. The number of hydrogen-bond donors (Lipinski definition) is 1. The number of benzene rings is 4. The average molecular weight is 618 g/mol. The molecule has 1 aliphatic heterocycles. The highest BCUT2D eigenvalue weighted by atomic mass is 79.9. The summed E-state index contributed by atoms with van der Waals surface area (Å²) in [4.78, 5) is 40.0. The lowest BCUT2D eigenvalue weighted by molar-refractivity contribution is -0.123. The molecule has 7 nitrogen and oxygen atoms in total. The van der Waals surface area contributed by atoms with Crippen molar-refractivity contribution in [1.82, 2.24) is 4.90 Å². The number of rotatable bonds is 8. The number of nitrogens with one attached hydrogen (secondary N) is 1. The van der Waals surface area contributed by atoms with E-state index in [1.807, 2.05) is 73.7 Å². The first-order valence-electron chi connectivity index (χ1n) is 12.4. The zero-order chi connectivity index (χ0) is 28.2. The Bertz CT molecular complexity index is 1650. The molecular formula is C31H25BrN2O5S. The number of carbonyl (C=O) groups excluding carboxylic acids is 3. The molecule has 5 rings (SSSR count). The number of halogens is 1. The molecule has 4 aromatic rings. The number of fused-ring (bicyclic) bond motifs is 1. The molecule has 1 N–H and O–H groups in total. The Labute approximate surface area is 244 Å². The topological polar surface area (TPSA) is 84.9 Å². The number of anilines is 1. The maximum absolute atomic E-state index is 13.2. The van der Waals surface area contributed by atoms with Gasteiger partial charge in [-0.05, 0) is 70.9 Å². The van der Waals surface area contributed by atoms with Gasteiger partial charge in [-0.2, -0.15) is 0 Å². The Morgan fingerprint density at radius 1 is 1.00 bits per heavy atom. The highest BCUT2D eigenvalue weighted by Crippen LogP contribution is 2.38. The van der Waals surface area contributed by atoms with E-state index in [1.165, 1.54) is 12.0 Å². The second-order valence-electron chi connectivity index (χ2n) is 9.13. The maximum atomic E-state index is 13.2. The first-order chi connectivity index (χ1) is 19.3. The van der Waals surface area contributed by atoms with Crippen LogP contribution in [0.5, 0.6) is 11.5 Å². The fourth-order valence-corrected chi connectivity index (χ4v) is 5.56. The lowest BCUT2D eigenvalue weighted by Gasteiger charge is -2.14. The van der Waals surface area contributed by atoms with Crippen LogP contribution >= 0.6 is 27.7 Å². The number of thioether (sulfide) groups is 1. The minimum atomic E-state index is -0.359. The molecular weight excluding hydrogens is 592 g/mol. The summed E-state index contributed by atoms with van der Waals surface area (Å²) < 4.78 is 11.8. The fraction of sp³-hybridized carbons (Fsp3) is 0.129. The van der Waals surface area contributed by atoms with E-state index in [4.69, 9.17) is 9.47 Å². The summed E-state index contributed by atoms with van der Waals surface area (Å²) in [5, 5.41) is 4.51. The van der Waals surface area contributed by atoms with Gasteiger partial charge in [0.1, 0.15) is 0 Å². The van der Waals surface area contributed by atoms with E-state index in [0.29, 0.717) is 32.1 Å². The monoisotopic (exact) mass is 616 g/mol. The second-order valence-corrected chi connectivity index (χ2v) is 11.0. The third-order valence-electron chi connectivity index (χ3n) is 6.35. The van der Waals surface area contributed by atoms with Crippen molar-refractivity contribution in [3.05, 3.63) is 105 Å². The highest BCUT2D eigenvalue weighted by molar-refractivity contribution is 9.10. The normalized spacial score (nSPS) is 14.2. The van der Waals surface area contributed by atoms with Crippen LogP contribution in [-0.2, 0) is 16.1 Å². The van der Waals surface area contributed by atoms with Gasteiger partial charge in [-0.1, -0.05) is 76.1 Å². The summed E-state index contributed by atoms with van der Waals surface area (Å²) in [7, 11) is 1.49. The Hall–Kier alpha value is -4.08. The number of hydrogen-bond acceptors (Lipinski definition) is 6. The van der Waals surface area contributed by atoms with Crippen LogP contribution < -0.4 is 14.8 Å². The Balaban J connectivity index is 1.30. The molecule has 9 heteroatoms. The zero-order valence-electron chi connectivity index (χ0n) is 21.8. The summed E-state index contributed by atoms with van der Waals surface area (Å²) in [6.45, 7) is 1.94. The van der Waals surface area contributed by atoms with Crippen molar-refractivity contribution < 1.29 is 23.9 Å². The molecule has 40 heavy (non-hydrogen) atoms. The fourth-order valence-electron chi connectivity index (χ4n) is 4.29. The number of methoxy groups -OCH3 is 1. The van der Waals surface area contributed by atoms with Crippen molar-refractivity contribution in [2.45, 2.75) is 13.5 Å². The van der Waals surface area contributed by atoms with Gasteiger partial charge in [-0.25, -0.2) is 0 Å². The molecule has 1 heterocycles. The second kappa shape index (κ2) is 12.0. The molecule has 0 aliphatic carbocycles. The number of carbonyl (C=O) groups is 3. The maximum Gasteiger partial charge on any atom is 0.293 e. The summed E-state index contributed by atoms with van der Waals surface area (Å²) in [5.41, 5.74) is 3.30. The van der Waals surface area contributed by atoms with E-state index in [9.17, 15) is 14.4 Å².